The smallest absolute Gasteiger partial charge is 0.243 e. The second-order valence-corrected chi connectivity index (χ2v) is 8.06. The average Bonchev–Trinajstić information content (AvgIpc) is 2.68. The predicted octanol–water partition coefficient (Wildman–Crippen LogP) is 4.46. The van der Waals surface area contributed by atoms with E-state index in [4.69, 9.17) is 0 Å². The molecule has 0 atom stereocenters. The van der Waals surface area contributed by atoms with E-state index in [0.29, 0.717) is 23.5 Å². The molecule has 30 heavy (non-hydrogen) atoms. The van der Waals surface area contributed by atoms with Gasteiger partial charge in [-0.2, -0.15) is 0 Å². The lowest BCUT2D eigenvalue weighted by molar-refractivity contribution is -0.123. The first-order valence-electron chi connectivity index (χ1n) is 10.0. The van der Waals surface area contributed by atoms with E-state index in [1.165, 1.54) is 0 Å². The lowest BCUT2D eigenvalue weighted by Gasteiger charge is -2.18. The van der Waals surface area contributed by atoms with E-state index >= 15 is 0 Å². The highest BCUT2D eigenvalue weighted by atomic mass is 16.2. The van der Waals surface area contributed by atoms with Gasteiger partial charge in [0.1, 0.15) is 0 Å². The lowest BCUT2D eigenvalue weighted by atomic mass is 9.95. The Labute approximate surface area is 177 Å². The summed E-state index contributed by atoms with van der Waals surface area (Å²) in [6.45, 7) is 7.57. The molecule has 4 N–H and O–H groups in total. The Bertz CT molecular complexity index is 886. The summed E-state index contributed by atoms with van der Waals surface area (Å²) in [4.78, 5) is 35.9. The van der Waals surface area contributed by atoms with Crippen LogP contribution in [0.4, 0.5) is 22.7 Å². The number of hydrogen-bond donors (Lipinski definition) is 4. The minimum Gasteiger partial charge on any atom is -0.376 e. The summed E-state index contributed by atoms with van der Waals surface area (Å²) in [6.07, 6.45) is 1.27. The molecule has 0 saturated heterocycles. The van der Waals surface area contributed by atoms with Crippen molar-refractivity contribution in [3.63, 3.8) is 0 Å². The molecule has 0 radical (unpaired) electrons. The number of anilines is 4. The van der Waals surface area contributed by atoms with Crippen molar-refractivity contribution in [1.82, 2.24) is 0 Å². The Kier molecular flexibility index (Phi) is 7.98. The molecular weight excluding hydrogens is 380 g/mol. The first kappa shape index (κ1) is 22.9. The molecule has 0 aliphatic carbocycles. The topological polar surface area (TPSA) is 99.3 Å². The molecule has 0 saturated carbocycles. The maximum Gasteiger partial charge on any atom is 0.243 e. The number of carbonyl (C=O) groups is 3. The molecule has 0 bridgehead atoms. The molecule has 2 aromatic rings. The van der Waals surface area contributed by atoms with Gasteiger partial charge in [-0.15, -0.1) is 0 Å². The van der Waals surface area contributed by atoms with Crippen molar-refractivity contribution in [2.45, 2.75) is 40.5 Å². The number of benzene rings is 2. The van der Waals surface area contributed by atoms with Crippen molar-refractivity contribution in [1.29, 1.82) is 0 Å². The van der Waals surface area contributed by atoms with Crippen LogP contribution >= 0.6 is 0 Å². The molecule has 0 aliphatic rings. The third-order valence-electron chi connectivity index (χ3n) is 4.18. The maximum atomic E-state index is 12.2. The van der Waals surface area contributed by atoms with Crippen molar-refractivity contribution < 1.29 is 14.4 Å². The SMILES string of the molecule is CCCC(=O)Nc1ccc(NC(=O)CNc2cccc(NC(=O)C(C)(C)C)c2)cc1. The minimum atomic E-state index is -0.488. The number of rotatable bonds is 8. The first-order valence-corrected chi connectivity index (χ1v) is 10.0. The van der Waals surface area contributed by atoms with Gasteiger partial charge < -0.3 is 21.3 Å². The van der Waals surface area contributed by atoms with Crippen LogP contribution < -0.4 is 21.3 Å². The zero-order valence-corrected chi connectivity index (χ0v) is 18.0. The summed E-state index contributed by atoms with van der Waals surface area (Å²) in [5.74, 6) is -0.312. The summed E-state index contributed by atoms with van der Waals surface area (Å²) >= 11 is 0. The third kappa shape index (κ3) is 7.58. The minimum absolute atomic E-state index is 0.0283. The molecule has 2 rings (SSSR count). The summed E-state index contributed by atoms with van der Waals surface area (Å²) < 4.78 is 0. The van der Waals surface area contributed by atoms with Crippen LogP contribution in [-0.4, -0.2) is 24.3 Å². The van der Waals surface area contributed by atoms with Gasteiger partial charge in [-0.3, -0.25) is 14.4 Å². The van der Waals surface area contributed by atoms with Crippen molar-refractivity contribution >= 4 is 40.5 Å². The quantitative estimate of drug-likeness (QED) is 0.516. The van der Waals surface area contributed by atoms with Crippen LogP contribution in [0.15, 0.2) is 48.5 Å². The van der Waals surface area contributed by atoms with Gasteiger partial charge in [0.25, 0.3) is 0 Å². The molecule has 7 heteroatoms. The number of hydrogen-bond acceptors (Lipinski definition) is 4. The molecular formula is C23H30N4O3. The third-order valence-corrected chi connectivity index (χ3v) is 4.18. The monoisotopic (exact) mass is 410 g/mol. The van der Waals surface area contributed by atoms with Crippen molar-refractivity contribution in [3.8, 4) is 0 Å². The van der Waals surface area contributed by atoms with Gasteiger partial charge in [-0.1, -0.05) is 33.8 Å². The highest BCUT2D eigenvalue weighted by molar-refractivity contribution is 5.96. The van der Waals surface area contributed by atoms with Crippen LogP contribution in [0.25, 0.3) is 0 Å². The molecule has 0 fully saturated rings. The van der Waals surface area contributed by atoms with Gasteiger partial charge in [0.05, 0.1) is 6.54 Å². The highest BCUT2D eigenvalue weighted by Gasteiger charge is 2.21. The van der Waals surface area contributed by atoms with E-state index in [1.54, 1.807) is 36.4 Å². The van der Waals surface area contributed by atoms with Gasteiger partial charge in [-0.05, 0) is 48.9 Å². The summed E-state index contributed by atoms with van der Waals surface area (Å²) in [6, 6.07) is 14.2. The maximum absolute atomic E-state index is 12.2. The fourth-order valence-electron chi connectivity index (χ4n) is 2.50. The molecule has 2 aromatic carbocycles. The summed E-state index contributed by atoms with van der Waals surface area (Å²) in [7, 11) is 0. The number of amides is 3. The van der Waals surface area contributed by atoms with E-state index in [0.717, 1.165) is 12.1 Å². The highest BCUT2D eigenvalue weighted by Crippen LogP contribution is 2.20. The Morgan fingerprint density at radius 1 is 0.767 bits per heavy atom. The van der Waals surface area contributed by atoms with Crippen molar-refractivity contribution in [3.05, 3.63) is 48.5 Å². The predicted molar refractivity (Wildman–Crippen MR) is 122 cm³/mol. The molecule has 0 heterocycles. The molecule has 0 unspecified atom stereocenters. The van der Waals surface area contributed by atoms with E-state index in [-0.39, 0.29) is 24.3 Å². The molecule has 0 spiro atoms. The van der Waals surface area contributed by atoms with Gasteiger partial charge in [0, 0.05) is 34.6 Å². The van der Waals surface area contributed by atoms with Crippen LogP contribution in [0.2, 0.25) is 0 Å². The molecule has 3 amide bonds. The van der Waals surface area contributed by atoms with Crippen LogP contribution in [0, 0.1) is 5.41 Å². The fourth-order valence-corrected chi connectivity index (χ4v) is 2.50. The van der Waals surface area contributed by atoms with E-state index < -0.39 is 5.41 Å². The Morgan fingerprint density at radius 3 is 1.90 bits per heavy atom. The van der Waals surface area contributed by atoms with Gasteiger partial charge in [0.2, 0.25) is 17.7 Å². The zero-order valence-electron chi connectivity index (χ0n) is 18.0. The Morgan fingerprint density at radius 2 is 1.33 bits per heavy atom. The molecule has 160 valence electrons. The van der Waals surface area contributed by atoms with E-state index in [2.05, 4.69) is 21.3 Å². The number of carbonyl (C=O) groups excluding carboxylic acids is 3. The normalized spacial score (nSPS) is 10.8. The first-order chi connectivity index (χ1) is 14.2. The summed E-state index contributed by atoms with van der Waals surface area (Å²) in [5.41, 5.74) is 2.24. The largest absolute Gasteiger partial charge is 0.376 e. The molecule has 7 nitrogen and oxygen atoms in total. The van der Waals surface area contributed by atoms with Crippen LogP contribution in [0.5, 0.6) is 0 Å². The van der Waals surface area contributed by atoms with E-state index in [9.17, 15) is 14.4 Å². The fraction of sp³-hybridized carbons (Fsp3) is 0.348. The average molecular weight is 411 g/mol. The molecule has 0 aliphatic heterocycles. The van der Waals surface area contributed by atoms with Crippen LogP contribution in [0.3, 0.4) is 0 Å². The zero-order chi connectivity index (χ0) is 22.1. The Hall–Kier alpha value is -3.35. The standard InChI is InChI=1S/C23H30N4O3/c1-5-7-20(28)25-16-10-12-17(13-11-16)26-21(29)15-24-18-8-6-9-19(14-18)27-22(30)23(2,3)4/h6,8-14,24H,5,7,15H2,1-4H3,(H,25,28)(H,26,29)(H,27,30). The van der Waals surface area contributed by atoms with Crippen LogP contribution in [0.1, 0.15) is 40.5 Å². The second-order valence-electron chi connectivity index (χ2n) is 8.06. The van der Waals surface area contributed by atoms with Crippen molar-refractivity contribution in [2.24, 2.45) is 5.41 Å². The van der Waals surface area contributed by atoms with E-state index in [1.807, 2.05) is 39.8 Å². The second kappa shape index (κ2) is 10.4. The van der Waals surface area contributed by atoms with Crippen molar-refractivity contribution in [2.75, 3.05) is 27.8 Å². The molecule has 0 aromatic heterocycles. The van der Waals surface area contributed by atoms with Gasteiger partial charge in [-0.25, -0.2) is 0 Å². The van der Waals surface area contributed by atoms with Crippen LogP contribution in [-0.2, 0) is 14.4 Å². The lowest BCUT2D eigenvalue weighted by Crippen LogP contribution is -2.27. The summed E-state index contributed by atoms with van der Waals surface area (Å²) in [5, 5.41) is 11.5. The van der Waals surface area contributed by atoms with Gasteiger partial charge in [0.15, 0.2) is 0 Å². The Balaban J connectivity index is 1.85. The number of nitrogens with one attached hydrogen (secondary N) is 4. The van der Waals surface area contributed by atoms with Gasteiger partial charge >= 0.3 is 0 Å².